The molecule has 1 aromatic rings. The average molecular weight is 290 g/mol. The van der Waals surface area contributed by atoms with Gasteiger partial charge in [-0.05, 0) is 32.0 Å². The number of furan rings is 1. The first kappa shape index (κ1) is 14.9. The highest BCUT2D eigenvalue weighted by molar-refractivity contribution is 5.95. The van der Waals surface area contributed by atoms with E-state index in [1.54, 1.807) is 0 Å². The van der Waals surface area contributed by atoms with Crippen LogP contribution in [0.15, 0.2) is 16.7 Å². The fraction of sp³-hybridized carbons (Fsp3) is 0.615. The third-order valence-corrected chi connectivity index (χ3v) is 3.45. The molecule has 1 fully saturated rings. The Balaban J connectivity index is 1.98. The number of likely N-dealkylation sites (N-methyl/N-ethyl adjacent to an activating group) is 1. The molecule has 112 valence electrons. The molecule has 20 heavy (non-hydrogen) atoms. The highest BCUT2D eigenvalue weighted by Gasteiger charge is 2.39. The van der Waals surface area contributed by atoms with E-state index in [1.807, 2.05) is 0 Å². The van der Waals surface area contributed by atoms with Crippen LogP contribution in [0.1, 0.15) is 29.0 Å². The Kier molecular flexibility index (Phi) is 4.37. The molecule has 0 spiro atoms. The molecule has 1 aliphatic heterocycles. The average Bonchev–Trinajstić information content (AvgIpc) is 3.04. The van der Waals surface area contributed by atoms with E-state index in [-0.39, 0.29) is 0 Å². The number of alkyl halides is 3. The first-order valence-electron chi connectivity index (χ1n) is 6.52. The smallest absolute Gasteiger partial charge is 0.450 e. The molecule has 2 rings (SSSR count). The zero-order valence-electron chi connectivity index (χ0n) is 11.2. The first-order chi connectivity index (χ1) is 9.39. The SMILES string of the molecule is CN(CCN1CCCC1)C(=O)c1ccoc1C(F)(F)F. The van der Waals surface area contributed by atoms with Crippen LogP contribution in [-0.4, -0.2) is 48.9 Å². The quantitative estimate of drug-likeness (QED) is 0.854. The number of nitrogens with zero attached hydrogens (tertiary/aromatic N) is 2. The molecule has 0 N–H and O–H groups in total. The van der Waals surface area contributed by atoms with Crippen LogP contribution in [-0.2, 0) is 6.18 Å². The van der Waals surface area contributed by atoms with Gasteiger partial charge in [0, 0.05) is 20.1 Å². The number of amides is 1. The molecule has 0 saturated carbocycles. The normalized spacial score (nSPS) is 16.6. The summed E-state index contributed by atoms with van der Waals surface area (Å²) < 4.78 is 42.4. The number of likely N-dealkylation sites (tertiary alicyclic amines) is 1. The van der Waals surface area contributed by atoms with Gasteiger partial charge in [0.2, 0.25) is 5.76 Å². The second-order valence-corrected chi connectivity index (χ2v) is 4.94. The summed E-state index contributed by atoms with van der Waals surface area (Å²) in [6.45, 7) is 3.06. The Labute approximate surface area is 115 Å². The summed E-state index contributed by atoms with van der Waals surface area (Å²) >= 11 is 0. The van der Waals surface area contributed by atoms with Crippen molar-refractivity contribution in [2.75, 3.05) is 33.2 Å². The van der Waals surface area contributed by atoms with E-state index in [4.69, 9.17) is 0 Å². The van der Waals surface area contributed by atoms with E-state index in [9.17, 15) is 18.0 Å². The van der Waals surface area contributed by atoms with Crippen molar-refractivity contribution in [2.45, 2.75) is 19.0 Å². The van der Waals surface area contributed by atoms with Crippen LogP contribution >= 0.6 is 0 Å². The van der Waals surface area contributed by atoms with Crippen LogP contribution in [0.2, 0.25) is 0 Å². The molecular formula is C13H17F3N2O2. The number of carbonyl (C=O) groups is 1. The molecule has 1 aromatic heterocycles. The summed E-state index contributed by atoms with van der Waals surface area (Å²) in [5.74, 6) is -1.89. The zero-order valence-corrected chi connectivity index (χ0v) is 11.2. The zero-order chi connectivity index (χ0) is 14.8. The van der Waals surface area contributed by atoms with Crippen molar-refractivity contribution in [1.29, 1.82) is 0 Å². The highest BCUT2D eigenvalue weighted by Crippen LogP contribution is 2.33. The van der Waals surface area contributed by atoms with E-state index >= 15 is 0 Å². The van der Waals surface area contributed by atoms with Gasteiger partial charge in [-0.25, -0.2) is 0 Å². The molecule has 4 nitrogen and oxygen atoms in total. The van der Waals surface area contributed by atoms with Crippen molar-refractivity contribution < 1.29 is 22.4 Å². The molecule has 0 radical (unpaired) electrons. The Morgan fingerprint density at radius 2 is 2.05 bits per heavy atom. The summed E-state index contributed by atoms with van der Waals surface area (Å²) in [5.41, 5.74) is -0.429. The maximum absolute atomic E-state index is 12.7. The molecule has 7 heteroatoms. The van der Waals surface area contributed by atoms with E-state index in [0.717, 1.165) is 38.3 Å². The minimum atomic E-state index is -4.65. The van der Waals surface area contributed by atoms with Gasteiger partial charge in [0.1, 0.15) is 0 Å². The van der Waals surface area contributed by atoms with Gasteiger partial charge in [0.05, 0.1) is 11.8 Å². The highest BCUT2D eigenvalue weighted by atomic mass is 19.4. The minimum Gasteiger partial charge on any atom is -0.459 e. The Morgan fingerprint density at radius 3 is 2.65 bits per heavy atom. The van der Waals surface area contributed by atoms with Crippen LogP contribution in [0, 0.1) is 0 Å². The summed E-state index contributed by atoms with van der Waals surface area (Å²) in [6.07, 6.45) is -1.48. The number of hydrogen-bond acceptors (Lipinski definition) is 3. The molecular weight excluding hydrogens is 273 g/mol. The van der Waals surface area contributed by atoms with Crippen LogP contribution in [0.4, 0.5) is 13.2 Å². The van der Waals surface area contributed by atoms with Gasteiger partial charge in [-0.2, -0.15) is 13.2 Å². The fourth-order valence-corrected chi connectivity index (χ4v) is 2.30. The van der Waals surface area contributed by atoms with E-state index < -0.39 is 23.4 Å². The number of halogens is 3. The molecule has 1 amide bonds. The second kappa shape index (κ2) is 5.87. The predicted octanol–water partition coefficient (Wildman–Crippen LogP) is 2.47. The largest absolute Gasteiger partial charge is 0.459 e. The molecule has 0 aromatic carbocycles. The summed E-state index contributed by atoms with van der Waals surface area (Å²) in [4.78, 5) is 15.5. The summed E-state index contributed by atoms with van der Waals surface area (Å²) in [6, 6.07) is 1.07. The number of rotatable bonds is 4. The Bertz CT molecular complexity index is 464. The van der Waals surface area contributed by atoms with Crippen LogP contribution in [0.3, 0.4) is 0 Å². The lowest BCUT2D eigenvalue weighted by atomic mass is 10.2. The topological polar surface area (TPSA) is 36.7 Å². The van der Waals surface area contributed by atoms with Crippen molar-refractivity contribution in [3.8, 4) is 0 Å². The maximum Gasteiger partial charge on any atom is 0.450 e. The lowest BCUT2D eigenvalue weighted by molar-refractivity contribution is -0.153. The van der Waals surface area contributed by atoms with Crippen molar-refractivity contribution >= 4 is 5.91 Å². The van der Waals surface area contributed by atoms with E-state index in [1.165, 1.54) is 11.9 Å². The lowest BCUT2D eigenvalue weighted by Gasteiger charge is -2.21. The van der Waals surface area contributed by atoms with E-state index in [2.05, 4.69) is 9.32 Å². The molecule has 0 unspecified atom stereocenters. The monoisotopic (exact) mass is 290 g/mol. The number of carbonyl (C=O) groups excluding carboxylic acids is 1. The van der Waals surface area contributed by atoms with Crippen LogP contribution in [0.5, 0.6) is 0 Å². The number of hydrogen-bond donors (Lipinski definition) is 0. The third kappa shape index (κ3) is 3.33. The van der Waals surface area contributed by atoms with Gasteiger partial charge in [0.25, 0.3) is 5.91 Å². The van der Waals surface area contributed by atoms with Crippen molar-refractivity contribution in [2.24, 2.45) is 0 Å². The Hall–Kier alpha value is -1.50. The fourth-order valence-electron chi connectivity index (χ4n) is 2.30. The first-order valence-corrected chi connectivity index (χ1v) is 6.52. The predicted molar refractivity (Wildman–Crippen MR) is 66.3 cm³/mol. The molecule has 2 heterocycles. The molecule has 0 bridgehead atoms. The molecule has 1 aliphatic rings. The summed E-state index contributed by atoms with van der Waals surface area (Å²) in [5, 5.41) is 0. The van der Waals surface area contributed by atoms with Gasteiger partial charge >= 0.3 is 6.18 Å². The molecule has 0 aliphatic carbocycles. The van der Waals surface area contributed by atoms with Gasteiger partial charge in [-0.1, -0.05) is 0 Å². The molecule has 1 saturated heterocycles. The summed E-state index contributed by atoms with van der Waals surface area (Å²) in [7, 11) is 1.51. The third-order valence-electron chi connectivity index (χ3n) is 3.45. The van der Waals surface area contributed by atoms with Crippen LogP contribution < -0.4 is 0 Å². The maximum atomic E-state index is 12.7. The van der Waals surface area contributed by atoms with Crippen molar-refractivity contribution in [3.63, 3.8) is 0 Å². The van der Waals surface area contributed by atoms with E-state index in [0.29, 0.717) is 13.1 Å². The molecule has 0 atom stereocenters. The Morgan fingerprint density at radius 1 is 1.40 bits per heavy atom. The van der Waals surface area contributed by atoms with Crippen LogP contribution in [0.25, 0.3) is 0 Å². The standard InChI is InChI=1S/C13H17F3N2O2/c1-17(7-8-18-5-2-3-6-18)12(19)10-4-9-20-11(10)13(14,15)16/h4,9H,2-3,5-8H2,1H3. The minimum absolute atomic E-state index is 0.404. The second-order valence-electron chi connectivity index (χ2n) is 4.94. The van der Waals surface area contributed by atoms with Gasteiger partial charge in [-0.15, -0.1) is 0 Å². The van der Waals surface area contributed by atoms with Crippen molar-refractivity contribution in [1.82, 2.24) is 9.80 Å². The van der Waals surface area contributed by atoms with Gasteiger partial charge < -0.3 is 14.2 Å². The lowest BCUT2D eigenvalue weighted by Crippen LogP contribution is -2.35. The van der Waals surface area contributed by atoms with Crippen molar-refractivity contribution in [3.05, 3.63) is 23.7 Å². The van der Waals surface area contributed by atoms with Gasteiger partial charge in [0.15, 0.2) is 0 Å². The van der Waals surface area contributed by atoms with Gasteiger partial charge in [-0.3, -0.25) is 4.79 Å².